The fourth-order valence-corrected chi connectivity index (χ4v) is 5.83. The molecular weight excluding hydrogens is 602 g/mol. The molecule has 2 aromatic carbocycles. The largest absolute Gasteiger partial charge is 0.481 e. The highest BCUT2D eigenvalue weighted by Crippen LogP contribution is 2.21. The van der Waals surface area contributed by atoms with Gasteiger partial charge in [-0.25, -0.2) is 0 Å². The van der Waals surface area contributed by atoms with Gasteiger partial charge in [-0.3, -0.25) is 29.0 Å². The van der Waals surface area contributed by atoms with Crippen LogP contribution in [0.5, 0.6) is 0 Å². The number of rotatable bonds is 14. The second-order valence-electron chi connectivity index (χ2n) is 12.6. The molecular formula is C34H49N7O6. The third kappa shape index (κ3) is 12.6. The van der Waals surface area contributed by atoms with Crippen molar-refractivity contribution < 1.29 is 29.1 Å². The first-order valence-electron chi connectivity index (χ1n) is 16.4. The average molecular weight is 652 g/mol. The Morgan fingerprint density at radius 2 is 1.47 bits per heavy atom. The highest BCUT2D eigenvalue weighted by atomic mass is 16.4. The number of hydrogen-bond donors (Lipinski definition) is 7. The smallest absolute Gasteiger partial charge is 0.303 e. The Labute approximate surface area is 275 Å². The molecule has 0 unspecified atom stereocenters. The van der Waals surface area contributed by atoms with Crippen molar-refractivity contribution in [2.45, 2.75) is 102 Å². The van der Waals surface area contributed by atoms with E-state index in [0.717, 1.165) is 16.3 Å². The van der Waals surface area contributed by atoms with E-state index < -0.39 is 53.8 Å². The molecule has 13 nitrogen and oxygen atoms in total. The number of hydrogen-bond acceptors (Lipinski definition) is 6. The SMILES string of the molecule is CC(C)C[C@H]1CC(=O)N[C@@H](CCCN=C(N)N)C(=O)N[C@@H](CCCCCC(=O)O)C(=O)N[C@@H](Cc2cccc3ccccc23)C(=O)N1. The highest BCUT2D eigenvalue weighted by molar-refractivity contribution is 5.95. The van der Waals surface area contributed by atoms with Crippen molar-refractivity contribution in [3.8, 4) is 0 Å². The summed E-state index contributed by atoms with van der Waals surface area (Å²) in [6.07, 6.45) is 2.87. The molecule has 1 aliphatic heterocycles. The first kappa shape index (κ1) is 36.8. The molecule has 0 aromatic heterocycles. The van der Waals surface area contributed by atoms with Gasteiger partial charge >= 0.3 is 5.97 Å². The average Bonchev–Trinajstić information content (AvgIpc) is 3.00. The normalized spacial score (nSPS) is 21.0. The van der Waals surface area contributed by atoms with Crippen molar-refractivity contribution in [2.75, 3.05) is 6.54 Å². The second-order valence-corrected chi connectivity index (χ2v) is 12.6. The maximum atomic E-state index is 13.9. The van der Waals surface area contributed by atoms with E-state index in [1.165, 1.54) is 0 Å². The van der Waals surface area contributed by atoms with Crippen molar-refractivity contribution in [1.29, 1.82) is 0 Å². The van der Waals surface area contributed by atoms with Crippen LogP contribution in [0.2, 0.25) is 0 Å². The number of carbonyl (C=O) groups is 5. The number of carbonyl (C=O) groups excluding carboxylic acids is 4. The van der Waals surface area contributed by atoms with Crippen LogP contribution in [0.25, 0.3) is 10.8 Å². The summed E-state index contributed by atoms with van der Waals surface area (Å²) in [7, 11) is 0. The Kier molecular flexibility index (Phi) is 14.4. The van der Waals surface area contributed by atoms with Crippen LogP contribution < -0.4 is 32.7 Å². The Morgan fingerprint density at radius 1 is 0.830 bits per heavy atom. The molecule has 4 atom stereocenters. The Hall–Kier alpha value is -4.68. The standard InChI is InChI=1S/C34H49N7O6/c1-21(2)18-24-20-29(42)39-26(15-9-17-37-34(35)36)31(45)40-27(14-4-3-5-16-30(43)44)32(46)41-28(33(47)38-24)19-23-12-8-11-22-10-6-7-13-25(22)23/h6-8,10-13,21,24,26-28H,3-5,9,14-20H2,1-2H3,(H,38,47)(H,39,42)(H,40,45)(H,41,46)(H,43,44)(H4,35,36,37)/t24-,26-,27-,28-/m0/s1. The fourth-order valence-electron chi connectivity index (χ4n) is 5.83. The van der Waals surface area contributed by atoms with E-state index >= 15 is 0 Å². The van der Waals surface area contributed by atoms with Gasteiger partial charge in [-0.2, -0.15) is 0 Å². The maximum Gasteiger partial charge on any atom is 0.303 e. The van der Waals surface area contributed by atoms with Gasteiger partial charge in [-0.05, 0) is 54.4 Å². The number of carboxylic acids is 1. The van der Waals surface area contributed by atoms with Gasteiger partial charge in [-0.15, -0.1) is 0 Å². The molecule has 0 spiro atoms. The summed E-state index contributed by atoms with van der Waals surface area (Å²) in [5.74, 6) is -2.76. The number of unbranched alkanes of at least 4 members (excludes halogenated alkanes) is 2. The predicted octanol–water partition coefficient (Wildman–Crippen LogP) is 1.86. The number of guanidine groups is 1. The van der Waals surface area contributed by atoms with Crippen molar-refractivity contribution in [3.05, 3.63) is 48.0 Å². The molecule has 0 radical (unpaired) electrons. The Balaban J connectivity index is 1.94. The molecule has 1 saturated heterocycles. The number of amides is 4. The van der Waals surface area contributed by atoms with Crippen LogP contribution in [0, 0.1) is 5.92 Å². The third-order valence-corrected chi connectivity index (χ3v) is 8.08. The minimum atomic E-state index is -1.03. The van der Waals surface area contributed by atoms with Crippen molar-refractivity contribution in [1.82, 2.24) is 21.3 Å². The van der Waals surface area contributed by atoms with Gasteiger partial charge in [0.25, 0.3) is 0 Å². The Morgan fingerprint density at radius 3 is 2.17 bits per heavy atom. The third-order valence-electron chi connectivity index (χ3n) is 8.08. The summed E-state index contributed by atoms with van der Waals surface area (Å²) < 4.78 is 0. The van der Waals surface area contributed by atoms with Crippen LogP contribution in [-0.2, 0) is 30.4 Å². The molecule has 1 heterocycles. The molecule has 13 heteroatoms. The predicted molar refractivity (Wildman–Crippen MR) is 180 cm³/mol. The van der Waals surface area contributed by atoms with Gasteiger partial charge in [-0.1, -0.05) is 69.2 Å². The molecule has 0 saturated carbocycles. The zero-order chi connectivity index (χ0) is 34.3. The van der Waals surface area contributed by atoms with E-state index in [-0.39, 0.29) is 50.5 Å². The van der Waals surface area contributed by atoms with Gasteiger partial charge in [0.15, 0.2) is 5.96 Å². The van der Waals surface area contributed by atoms with Gasteiger partial charge < -0.3 is 37.8 Å². The second kappa shape index (κ2) is 18.5. The lowest BCUT2D eigenvalue weighted by Gasteiger charge is -2.26. The topological polar surface area (TPSA) is 218 Å². The molecule has 0 aliphatic carbocycles. The van der Waals surface area contributed by atoms with Crippen LogP contribution >= 0.6 is 0 Å². The first-order valence-corrected chi connectivity index (χ1v) is 16.4. The van der Waals surface area contributed by atoms with Gasteiger partial charge in [0.2, 0.25) is 23.6 Å². The van der Waals surface area contributed by atoms with Crippen LogP contribution in [-0.4, -0.2) is 71.4 Å². The molecule has 256 valence electrons. The summed E-state index contributed by atoms with van der Waals surface area (Å²) in [4.78, 5) is 69.6. The minimum absolute atomic E-state index is 0.00204. The van der Waals surface area contributed by atoms with Gasteiger partial charge in [0.1, 0.15) is 18.1 Å². The van der Waals surface area contributed by atoms with Crippen LogP contribution in [0.1, 0.15) is 77.2 Å². The van der Waals surface area contributed by atoms with Gasteiger partial charge in [0, 0.05) is 31.8 Å². The molecule has 1 aliphatic rings. The van der Waals surface area contributed by atoms with E-state index in [4.69, 9.17) is 16.6 Å². The number of nitrogens with zero attached hydrogens (tertiary/aromatic N) is 1. The molecule has 9 N–H and O–H groups in total. The number of fused-ring (bicyclic) bond motifs is 1. The van der Waals surface area contributed by atoms with E-state index in [1.807, 2.05) is 56.3 Å². The van der Waals surface area contributed by atoms with Crippen molar-refractivity contribution >= 4 is 46.3 Å². The van der Waals surface area contributed by atoms with E-state index in [1.54, 1.807) is 0 Å². The Bertz CT molecular complexity index is 1420. The zero-order valence-electron chi connectivity index (χ0n) is 27.3. The fraction of sp³-hybridized carbons (Fsp3) is 0.529. The summed E-state index contributed by atoms with van der Waals surface area (Å²) >= 11 is 0. The number of carboxylic acid groups (broad SMARTS) is 1. The van der Waals surface area contributed by atoms with E-state index in [0.29, 0.717) is 32.1 Å². The lowest BCUT2D eigenvalue weighted by Crippen LogP contribution is -2.56. The highest BCUT2D eigenvalue weighted by Gasteiger charge is 2.32. The van der Waals surface area contributed by atoms with Crippen LogP contribution in [0.3, 0.4) is 0 Å². The van der Waals surface area contributed by atoms with Crippen molar-refractivity contribution in [2.24, 2.45) is 22.4 Å². The van der Waals surface area contributed by atoms with Crippen molar-refractivity contribution in [3.63, 3.8) is 0 Å². The molecule has 3 rings (SSSR count). The van der Waals surface area contributed by atoms with Crippen LogP contribution in [0.15, 0.2) is 47.5 Å². The summed E-state index contributed by atoms with van der Waals surface area (Å²) in [6, 6.07) is 10.0. The molecule has 0 bridgehead atoms. The van der Waals surface area contributed by atoms with Gasteiger partial charge in [0.05, 0.1) is 0 Å². The lowest BCUT2D eigenvalue weighted by molar-refractivity contribution is -0.137. The minimum Gasteiger partial charge on any atom is -0.481 e. The summed E-state index contributed by atoms with van der Waals surface area (Å²) in [6.45, 7) is 4.22. The molecule has 1 fully saturated rings. The zero-order valence-corrected chi connectivity index (χ0v) is 27.3. The number of aliphatic imine (C=N–C) groups is 1. The number of nitrogens with one attached hydrogen (secondary N) is 4. The van der Waals surface area contributed by atoms with Crippen LogP contribution in [0.4, 0.5) is 0 Å². The molecule has 2 aromatic rings. The number of nitrogens with two attached hydrogens (primary N) is 2. The quantitative estimate of drug-likeness (QED) is 0.0906. The monoisotopic (exact) mass is 651 g/mol. The van der Waals surface area contributed by atoms with E-state index in [9.17, 15) is 24.0 Å². The molecule has 47 heavy (non-hydrogen) atoms. The summed E-state index contributed by atoms with van der Waals surface area (Å²) in [5.41, 5.74) is 11.7. The maximum absolute atomic E-state index is 13.9. The van der Waals surface area contributed by atoms with E-state index in [2.05, 4.69) is 26.3 Å². The molecule has 4 amide bonds. The number of aliphatic carboxylic acids is 1. The summed E-state index contributed by atoms with van der Waals surface area (Å²) in [5, 5.41) is 22.4. The lowest BCUT2D eigenvalue weighted by atomic mass is 9.96. The number of benzene rings is 2. The first-order chi connectivity index (χ1) is 22.4.